The summed E-state index contributed by atoms with van der Waals surface area (Å²) in [6.07, 6.45) is -1.84. The van der Waals surface area contributed by atoms with Gasteiger partial charge in [0, 0.05) is 23.6 Å². The van der Waals surface area contributed by atoms with Gasteiger partial charge < -0.3 is 16.3 Å². The van der Waals surface area contributed by atoms with E-state index < -0.39 is 29.6 Å². The average Bonchev–Trinajstić information content (AvgIpc) is 3.44. The van der Waals surface area contributed by atoms with Crippen LogP contribution in [0.2, 0.25) is 10.0 Å². The van der Waals surface area contributed by atoms with E-state index in [1.165, 1.54) is 24.5 Å². The lowest BCUT2D eigenvalue weighted by atomic mass is 10.0. The number of hydrogen-bond donors (Lipinski definition) is 2. The molecule has 3 N–H and O–H groups in total. The highest BCUT2D eigenvalue weighted by atomic mass is 35.5. The van der Waals surface area contributed by atoms with E-state index in [2.05, 4.69) is 10.4 Å². The molecule has 0 aliphatic heterocycles. The number of nitrogens with one attached hydrogen (secondary N) is 1. The van der Waals surface area contributed by atoms with Gasteiger partial charge in [0.05, 0.1) is 38.2 Å². The van der Waals surface area contributed by atoms with Crippen molar-refractivity contribution in [1.29, 1.82) is 0 Å². The number of alkyl halides is 3. The van der Waals surface area contributed by atoms with Crippen LogP contribution in [0.1, 0.15) is 21.5 Å². The monoisotopic (exact) mass is 639 g/mol. The molecule has 2 heterocycles. The molecular formula is C31H22Cl2F3N5O3. The van der Waals surface area contributed by atoms with Gasteiger partial charge in [-0.1, -0.05) is 47.5 Å². The molecule has 3 aromatic carbocycles. The van der Waals surface area contributed by atoms with Crippen LogP contribution in [-0.2, 0) is 17.4 Å². The summed E-state index contributed by atoms with van der Waals surface area (Å²) in [5.41, 5.74) is 8.21. The summed E-state index contributed by atoms with van der Waals surface area (Å²) in [5.74, 6) is -1.44. The second-order valence-electron chi connectivity index (χ2n) is 9.78. The number of carbonyl (C=O) groups is 2. The van der Waals surface area contributed by atoms with Crippen molar-refractivity contribution in [2.75, 3.05) is 0 Å². The van der Waals surface area contributed by atoms with Crippen molar-refractivity contribution in [3.05, 3.63) is 129 Å². The van der Waals surface area contributed by atoms with Gasteiger partial charge in [0.2, 0.25) is 5.91 Å². The summed E-state index contributed by atoms with van der Waals surface area (Å²) in [7, 11) is 0. The molecule has 1 atom stereocenters. The fourth-order valence-electron chi connectivity index (χ4n) is 4.47. The number of benzene rings is 3. The molecule has 5 rings (SSSR count). The van der Waals surface area contributed by atoms with Crippen LogP contribution in [-0.4, -0.2) is 27.6 Å². The van der Waals surface area contributed by atoms with Crippen LogP contribution in [0.3, 0.4) is 0 Å². The van der Waals surface area contributed by atoms with E-state index in [0.717, 1.165) is 12.1 Å². The minimum Gasteiger partial charge on any atom is -0.619 e. The fourth-order valence-corrected chi connectivity index (χ4v) is 4.76. The van der Waals surface area contributed by atoms with Crippen LogP contribution >= 0.6 is 23.2 Å². The van der Waals surface area contributed by atoms with E-state index in [0.29, 0.717) is 48.5 Å². The van der Waals surface area contributed by atoms with E-state index in [1.807, 2.05) is 0 Å². The van der Waals surface area contributed by atoms with E-state index in [1.54, 1.807) is 65.3 Å². The predicted octanol–water partition coefficient (Wildman–Crippen LogP) is 5.99. The maximum atomic E-state index is 13.0. The average molecular weight is 640 g/mol. The lowest BCUT2D eigenvalue weighted by Gasteiger charge is -2.16. The van der Waals surface area contributed by atoms with Crippen molar-refractivity contribution in [2.24, 2.45) is 5.73 Å². The highest BCUT2D eigenvalue weighted by Gasteiger charge is 2.30. The molecule has 0 bridgehead atoms. The normalized spacial score (nSPS) is 12.1. The number of hydrogen-bond acceptors (Lipinski definition) is 4. The minimum atomic E-state index is -4.50. The topological polar surface area (TPSA) is 117 Å². The Bertz CT molecular complexity index is 1840. The van der Waals surface area contributed by atoms with Crippen molar-refractivity contribution in [3.63, 3.8) is 0 Å². The van der Waals surface area contributed by atoms with E-state index >= 15 is 0 Å². The molecular weight excluding hydrogens is 618 g/mol. The quantitative estimate of drug-likeness (QED) is 0.160. The zero-order valence-electron chi connectivity index (χ0n) is 22.6. The second-order valence-corrected chi connectivity index (χ2v) is 10.6. The minimum absolute atomic E-state index is 0.0915. The van der Waals surface area contributed by atoms with E-state index in [4.69, 9.17) is 28.9 Å². The van der Waals surface area contributed by atoms with Crippen LogP contribution in [0, 0.1) is 5.21 Å². The number of primary amides is 1. The number of amides is 2. The summed E-state index contributed by atoms with van der Waals surface area (Å²) >= 11 is 12.4. The SMILES string of the molecule is NC(=O)[C@H](Cc1ccc(C(F)(F)F)cc1)NC(=O)c1ccc(-c2cc(-c3ccc[n+]([O-])c3)nn2-c2ccc(Cl)c(Cl)c2)cc1. The maximum absolute atomic E-state index is 13.0. The number of aromatic nitrogens is 3. The summed E-state index contributed by atoms with van der Waals surface area (Å²) < 4.78 is 40.9. The number of nitrogens with zero attached hydrogens (tertiary/aromatic N) is 3. The zero-order valence-corrected chi connectivity index (χ0v) is 24.1. The molecule has 13 heteroatoms. The highest BCUT2D eigenvalue weighted by molar-refractivity contribution is 6.42. The van der Waals surface area contributed by atoms with Crippen molar-refractivity contribution < 1.29 is 27.5 Å². The molecule has 0 radical (unpaired) electrons. The largest absolute Gasteiger partial charge is 0.619 e. The van der Waals surface area contributed by atoms with Crippen LogP contribution in [0.5, 0.6) is 0 Å². The van der Waals surface area contributed by atoms with Crippen LogP contribution in [0.25, 0.3) is 28.2 Å². The molecule has 0 unspecified atom stereocenters. The molecule has 44 heavy (non-hydrogen) atoms. The van der Waals surface area contributed by atoms with E-state index in [-0.39, 0.29) is 12.0 Å². The number of rotatable bonds is 8. The highest BCUT2D eigenvalue weighted by Crippen LogP contribution is 2.32. The molecule has 2 aromatic heterocycles. The first-order valence-electron chi connectivity index (χ1n) is 13.0. The molecule has 0 aliphatic rings. The van der Waals surface area contributed by atoms with Gasteiger partial charge in [0.25, 0.3) is 5.91 Å². The Kier molecular flexibility index (Phi) is 8.61. The van der Waals surface area contributed by atoms with Gasteiger partial charge in [-0.15, -0.1) is 0 Å². The maximum Gasteiger partial charge on any atom is 0.416 e. The zero-order chi connectivity index (χ0) is 31.6. The second kappa shape index (κ2) is 12.4. The molecule has 0 saturated carbocycles. The van der Waals surface area contributed by atoms with Crippen molar-refractivity contribution in [2.45, 2.75) is 18.6 Å². The molecule has 0 aliphatic carbocycles. The first-order chi connectivity index (χ1) is 20.9. The number of pyridine rings is 1. The van der Waals surface area contributed by atoms with Crippen LogP contribution in [0.4, 0.5) is 13.2 Å². The van der Waals surface area contributed by atoms with Crippen molar-refractivity contribution >= 4 is 35.0 Å². The van der Waals surface area contributed by atoms with Gasteiger partial charge in [-0.2, -0.15) is 23.0 Å². The van der Waals surface area contributed by atoms with Gasteiger partial charge >= 0.3 is 6.18 Å². The molecule has 5 aromatic rings. The predicted molar refractivity (Wildman–Crippen MR) is 159 cm³/mol. The summed E-state index contributed by atoms with van der Waals surface area (Å²) in [6, 6.07) is 19.7. The van der Waals surface area contributed by atoms with Gasteiger partial charge in [-0.3, -0.25) is 9.59 Å². The molecule has 8 nitrogen and oxygen atoms in total. The third kappa shape index (κ3) is 6.85. The molecule has 0 fully saturated rings. The first-order valence-corrected chi connectivity index (χ1v) is 13.8. The molecule has 0 spiro atoms. The number of carbonyl (C=O) groups excluding carboxylic acids is 2. The lowest BCUT2D eigenvalue weighted by Crippen LogP contribution is -2.45. The third-order valence-corrected chi connectivity index (χ3v) is 7.48. The summed E-state index contributed by atoms with van der Waals surface area (Å²) in [6.45, 7) is 0. The molecule has 224 valence electrons. The van der Waals surface area contributed by atoms with Crippen molar-refractivity contribution in [3.8, 4) is 28.2 Å². The van der Waals surface area contributed by atoms with Gasteiger partial charge in [0.15, 0.2) is 12.4 Å². The van der Waals surface area contributed by atoms with Gasteiger partial charge in [0.1, 0.15) is 6.04 Å². The van der Waals surface area contributed by atoms with Gasteiger partial charge in [-0.25, -0.2) is 4.68 Å². The third-order valence-electron chi connectivity index (χ3n) is 6.74. The Morgan fingerprint density at radius 2 is 1.66 bits per heavy atom. The summed E-state index contributed by atoms with van der Waals surface area (Å²) in [4.78, 5) is 25.1. The Hall–Kier alpha value is -4.87. The summed E-state index contributed by atoms with van der Waals surface area (Å²) in [5, 5.41) is 19.8. The Morgan fingerprint density at radius 1 is 0.955 bits per heavy atom. The van der Waals surface area contributed by atoms with Crippen LogP contribution < -0.4 is 15.8 Å². The smallest absolute Gasteiger partial charge is 0.416 e. The van der Waals surface area contributed by atoms with Crippen molar-refractivity contribution in [1.82, 2.24) is 15.1 Å². The standard InChI is InChI=1S/C31H22Cl2F3N5O3/c32-24-12-11-23(15-25(24)33)41-28(16-26(39-41)21-2-1-13-40(44)17-21)19-5-7-20(8-6-19)30(43)38-27(29(37)42)14-18-3-9-22(10-4-18)31(34,35)36/h1-13,15-17,27H,14H2,(H2,37,42)(H,38,43)/t27-/m0/s1. The number of halogens is 5. The first kappa shape index (κ1) is 30.6. The Morgan fingerprint density at radius 3 is 2.27 bits per heavy atom. The molecule has 0 saturated heterocycles. The number of nitrogens with two attached hydrogens (primary N) is 1. The van der Waals surface area contributed by atoms with Gasteiger partial charge in [-0.05, 0) is 60.2 Å². The van der Waals surface area contributed by atoms with Crippen LogP contribution in [0.15, 0.2) is 97.3 Å². The van der Waals surface area contributed by atoms with E-state index in [9.17, 15) is 28.0 Å². The lowest BCUT2D eigenvalue weighted by molar-refractivity contribution is -0.604. The Labute approximate surface area is 259 Å². The fraction of sp³-hybridized carbons (Fsp3) is 0.0968. The Balaban J connectivity index is 1.40. The molecule has 2 amide bonds.